The molecule has 9 heteroatoms. The number of aromatic amines is 1. The van der Waals surface area contributed by atoms with Gasteiger partial charge in [0.05, 0.1) is 17.2 Å². The highest BCUT2D eigenvalue weighted by atomic mass is 35.5. The lowest BCUT2D eigenvalue weighted by atomic mass is 10.0. The number of methoxy groups -OCH3 is 1. The van der Waals surface area contributed by atoms with Gasteiger partial charge in [-0.25, -0.2) is 9.78 Å². The molecule has 0 saturated heterocycles. The molecule has 0 bridgehead atoms. The number of benzene rings is 1. The SMILES string of the molecule is CNc1ncc(-c2ccc(NC(=O)c3[nH]c(C)c(Cl)c3Cl)cc2)cc1C(=O)OC. The highest BCUT2D eigenvalue weighted by Gasteiger charge is 2.18. The van der Waals surface area contributed by atoms with Gasteiger partial charge in [-0.1, -0.05) is 35.3 Å². The Bertz CT molecular complexity index is 1080. The van der Waals surface area contributed by atoms with Crippen molar-refractivity contribution >= 4 is 46.6 Å². The largest absolute Gasteiger partial charge is 0.465 e. The summed E-state index contributed by atoms with van der Waals surface area (Å²) in [7, 11) is 2.99. The molecule has 3 N–H and O–H groups in total. The number of aromatic nitrogens is 2. The summed E-state index contributed by atoms with van der Waals surface area (Å²) in [6.45, 7) is 1.73. The van der Waals surface area contributed by atoms with E-state index in [2.05, 4.69) is 20.6 Å². The summed E-state index contributed by atoms with van der Waals surface area (Å²) in [5.41, 5.74) is 3.28. The van der Waals surface area contributed by atoms with Crippen LogP contribution in [0.5, 0.6) is 0 Å². The molecule has 0 aliphatic carbocycles. The van der Waals surface area contributed by atoms with E-state index < -0.39 is 11.9 Å². The topological polar surface area (TPSA) is 96.1 Å². The molecule has 7 nitrogen and oxygen atoms in total. The highest BCUT2D eigenvalue weighted by Crippen LogP contribution is 2.30. The van der Waals surface area contributed by atoms with Gasteiger partial charge in [0.25, 0.3) is 5.91 Å². The number of aryl methyl sites for hydroxylation is 1. The van der Waals surface area contributed by atoms with Gasteiger partial charge in [-0.3, -0.25) is 4.79 Å². The lowest BCUT2D eigenvalue weighted by Crippen LogP contribution is -2.12. The number of amides is 1. The van der Waals surface area contributed by atoms with Crippen LogP contribution >= 0.6 is 23.2 Å². The minimum absolute atomic E-state index is 0.185. The molecule has 0 atom stereocenters. The van der Waals surface area contributed by atoms with Crippen LogP contribution in [-0.2, 0) is 4.74 Å². The van der Waals surface area contributed by atoms with Crippen molar-refractivity contribution in [2.24, 2.45) is 0 Å². The van der Waals surface area contributed by atoms with Crippen LogP contribution in [0.15, 0.2) is 36.5 Å². The van der Waals surface area contributed by atoms with Crippen LogP contribution in [0.3, 0.4) is 0 Å². The number of halogens is 2. The van der Waals surface area contributed by atoms with E-state index in [0.717, 1.165) is 11.1 Å². The standard InChI is InChI=1S/C20H18Cl2N4O3/c1-10-15(21)16(22)17(25-10)19(27)26-13-6-4-11(5-7-13)12-8-14(20(28)29-3)18(23-2)24-9-12/h4-9,25H,1-3H3,(H,23,24)(H,26,27). The fourth-order valence-corrected chi connectivity index (χ4v) is 3.17. The van der Waals surface area contributed by atoms with E-state index in [9.17, 15) is 9.59 Å². The van der Waals surface area contributed by atoms with Gasteiger partial charge in [0.1, 0.15) is 17.1 Å². The number of H-pyrrole nitrogens is 1. The number of anilines is 2. The maximum Gasteiger partial charge on any atom is 0.341 e. The van der Waals surface area contributed by atoms with E-state index in [0.29, 0.717) is 27.8 Å². The zero-order valence-electron chi connectivity index (χ0n) is 15.9. The molecule has 0 saturated carbocycles. The van der Waals surface area contributed by atoms with Gasteiger partial charge in [0.2, 0.25) is 0 Å². The normalized spacial score (nSPS) is 10.5. The average Bonchev–Trinajstić information content (AvgIpc) is 3.00. The summed E-state index contributed by atoms with van der Waals surface area (Å²) in [6.07, 6.45) is 1.65. The van der Waals surface area contributed by atoms with Gasteiger partial charge in [0.15, 0.2) is 0 Å². The molecule has 0 radical (unpaired) electrons. The fraction of sp³-hybridized carbons (Fsp3) is 0.150. The first-order chi connectivity index (χ1) is 13.8. The van der Waals surface area contributed by atoms with Gasteiger partial charge in [0, 0.05) is 30.2 Å². The van der Waals surface area contributed by atoms with Crippen molar-refractivity contribution in [3.63, 3.8) is 0 Å². The van der Waals surface area contributed by atoms with Crippen molar-refractivity contribution in [1.82, 2.24) is 9.97 Å². The molecular weight excluding hydrogens is 415 g/mol. The third kappa shape index (κ3) is 4.21. The first-order valence-corrected chi connectivity index (χ1v) is 9.32. The maximum absolute atomic E-state index is 12.4. The predicted octanol–water partition coefficient (Wildman–Crippen LogP) is 4.77. The molecule has 0 unspecified atom stereocenters. The lowest BCUT2D eigenvalue weighted by Gasteiger charge is -2.10. The number of carbonyl (C=O) groups is 2. The van der Waals surface area contributed by atoms with Gasteiger partial charge in [-0.05, 0) is 30.7 Å². The molecule has 150 valence electrons. The minimum atomic E-state index is -0.482. The number of nitrogens with one attached hydrogen (secondary N) is 3. The maximum atomic E-state index is 12.4. The first kappa shape index (κ1) is 20.7. The Kier molecular flexibility index (Phi) is 6.10. The highest BCUT2D eigenvalue weighted by molar-refractivity contribution is 6.44. The van der Waals surface area contributed by atoms with Crippen LogP contribution in [0.2, 0.25) is 10.0 Å². The van der Waals surface area contributed by atoms with Gasteiger partial charge < -0.3 is 20.4 Å². The second-order valence-corrected chi connectivity index (χ2v) is 6.90. The summed E-state index contributed by atoms with van der Waals surface area (Å²) in [6, 6.07) is 8.79. The Hall–Kier alpha value is -3.03. The minimum Gasteiger partial charge on any atom is -0.465 e. The van der Waals surface area contributed by atoms with Gasteiger partial charge in [-0.15, -0.1) is 0 Å². The van der Waals surface area contributed by atoms with Crippen LogP contribution < -0.4 is 10.6 Å². The van der Waals surface area contributed by atoms with Crippen LogP contribution in [0.4, 0.5) is 11.5 Å². The summed E-state index contributed by atoms with van der Waals surface area (Å²) in [5, 5.41) is 6.14. The number of ether oxygens (including phenoxy) is 1. The number of nitrogens with zero attached hydrogens (tertiary/aromatic N) is 1. The second-order valence-electron chi connectivity index (χ2n) is 6.15. The van der Waals surface area contributed by atoms with E-state index in [4.69, 9.17) is 27.9 Å². The Balaban J connectivity index is 1.82. The zero-order valence-corrected chi connectivity index (χ0v) is 17.4. The van der Waals surface area contributed by atoms with E-state index in [1.807, 2.05) is 0 Å². The van der Waals surface area contributed by atoms with Crippen molar-refractivity contribution in [2.75, 3.05) is 24.8 Å². The van der Waals surface area contributed by atoms with E-state index in [1.165, 1.54) is 7.11 Å². The summed E-state index contributed by atoms with van der Waals surface area (Å²) in [5.74, 6) is -0.448. The third-order valence-electron chi connectivity index (χ3n) is 4.29. The van der Waals surface area contributed by atoms with E-state index in [-0.39, 0.29) is 10.7 Å². The average molecular weight is 433 g/mol. The van der Waals surface area contributed by atoms with E-state index >= 15 is 0 Å². The van der Waals surface area contributed by atoms with Crippen LogP contribution in [0.1, 0.15) is 26.5 Å². The molecule has 2 heterocycles. The number of hydrogen-bond acceptors (Lipinski definition) is 5. The van der Waals surface area contributed by atoms with Crippen molar-refractivity contribution in [1.29, 1.82) is 0 Å². The Morgan fingerprint density at radius 1 is 1.10 bits per heavy atom. The molecule has 29 heavy (non-hydrogen) atoms. The van der Waals surface area contributed by atoms with Crippen LogP contribution in [0, 0.1) is 6.92 Å². The quantitative estimate of drug-likeness (QED) is 0.504. The molecular formula is C20H18Cl2N4O3. The molecule has 3 rings (SSSR count). The van der Waals surface area contributed by atoms with Crippen molar-refractivity contribution in [2.45, 2.75) is 6.92 Å². The van der Waals surface area contributed by atoms with Crippen molar-refractivity contribution < 1.29 is 14.3 Å². The fourth-order valence-electron chi connectivity index (χ4n) is 2.76. The number of hydrogen-bond donors (Lipinski definition) is 3. The Labute approximate surface area is 177 Å². The second kappa shape index (κ2) is 8.55. The Morgan fingerprint density at radius 3 is 2.34 bits per heavy atom. The molecule has 1 aromatic carbocycles. The van der Waals surface area contributed by atoms with Gasteiger partial charge in [-0.2, -0.15) is 0 Å². The molecule has 2 aromatic heterocycles. The third-order valence-corrected chi connectivity index (χ3v) is 5.23. The lowest BCUT2D eigenvalue weighted by molar-refractivity contribution is 0.0601. The number of pyridine rings is 1. The number of esters is 1. The number of rotatable bonds is 5. The van der Waals surface area contributed by atoms with Gasteiger partial charge >= 0.3 is 5.97 Å². The van der Waals surface area contributed by atoms with Crippen LogP contribution in [-0.4, -0.2) is 36.0 Å². The molecule has 3 aromatic rings. The van der Waals surface area contributed by atoms with E-state index in [1.54, 1.807) is 50.5 Å². The molecule has 0 fully saturated rings. The predicted molar refractivity (Wildman–Crippen MR) is 114 cm³/mol. The van der Waals surface area contributed by atoms with Crippen molar-refractivity contribution in [3.05, 3.63) is 63.5 Å². The number of carbonyl (C=O) groups excluding carboxylic acids is 2. The van der Waals surface area contributed by atoms with Crippen LogP contribution in [0.25, 0.3) is 11.1 Å². The summed E-state index contributed by atoms with van der Waals surface area (Å²) >= 11 is 12.1. The first-order valence-electron chi connectivity index (χ1n) is 8.57. The smallest absolute Gasteiger partial charge is 0.341 e. The Morgan fingerprint density at radius 2 is 1.79 bits per heavy atom. The zero-order chi connectivity index (χ0) is 21.1. The summed E-state index contributed by atoms with van der Waals surface area (Å²) < 4.78 is 4.80. The molecule has 0 aliphatic heterocycles. The molecule has 0 aliphatic rings. The van der Waals surface area contributed by atoms with Crippen molar-refractivity contribution in [3.8, 4) is 11.1 Å². The molecule has 1 amide bonds. The molecule has 0 spiro atoms. The summed E-state index contributed by atoms with van der Waals surface area (Å²) in [4.78, 5) is 31.5. The monoisotopic (exact) mass is 432 g/mol.